The average molecular weight is 249 g/mol. The highest BCUT2D eigenvalue weighted by molar-refractivity contribution is 5.20. The zero-order chi connectivity index (χ0) is 12.7. The Labute approximate surface area is 109 Å². The van der Waals surface area contributed by atoms with Crippen molar-refractivity contribution in [2.45, 2.75) is 39.3 Å². The average Bonchev–Trinajstić information content (AvgIpc) is 2.55. The van der Waals surface area contributed by atoms with Crippen LogP contribution in [0.25, 0.3) is 0 Å². The number of aromatic nitrogens is 1. The van der Waals surface area contributed by atoms with Gasteiger partial charge in [-0.25, -0.2) is 0 Å². The van der Waals surface area contributed by atoms with Gasteiger partial charge in [0.15, 0.2) is 0 Å². The van der Waals surface area contributed by atoms with Gasteiger partial charge in [-0.05, 0) is 39.7 Å². The molecule has 4 heteroatoms. The van der Waals surface area contributed by atoms with Crippen molar-refractivity contribution in [2.75, 3.05) is 26.7 Å². The standard InChI is InChI=1S/C14H23N3O/c1-10-14(11(2)18-15-10)9-17-7-12-4-5-13(8-17)16(3)6-12/h12-13H,4-9H2,1-3H3/t12-,13-/m1/s1. The first-order valence-corrected chi connectivity index (χ1v) is 6.98. The molecule has 2 bridgehead atoms. The molecule has 0 aliphatic carbocycles. The first-order valence-electron chi connectivity index (χ1n) is 6.98. The molecule has 0 N–H and O–H groups in total. The molecular formula is C14H23N3O. The lowest BCUT2D eigenvalue weighted by Gasteiger charge is -2.32. The zero-order valence-corrected chi connectivity index (χ0v) is 11.6. The van der Waals surface area contributed by atoms with Gasteiger partial charge in [-0.2, -0.15) is 0 Å². The quantitative estimate of drug-likeness (QED) is 0.800. The molecule has 1 aromatic rings. The van der Waals surface area contributed by atoms with Crippen LogP contribution in [0, 0.1) is 19.8 Å². The van der Waals surface area contributed by atoms with E-state index >= 15 is 0 Å². The maximum absolute atomic E-state index is 5.27. The summed E-state index contributed by atoms with van der Waals surface area (Å²) in [5.74, 6) is 1.83. The van der Waals surface area contributed by atoms with E-state index in [9.17, 15) is 0 Å². The molecule has 0 saturated carbocycles. The number of likely N-dealkylation sites (N-methyl/N-ethyl adjacent to an activating group) is 1. The molecule has 4 heterocycles. The molecule has 0 unspecified atom stereocenters. The molecule has 4 nitrogen and oxygen atoms in total. The van der Waals surface area contributed by atoms with E-state index in [4.69, 9.17) is 4.52 Å². The maximum Gasteiger partial charge on any atom is 0.138 e. The molecule has 0 aromatic carbocycles. The van der Waals surface area contributed by atoms with Gasteiger partial charge in [0.2, 0.25) is 0 Å². The van der Waals surface area contributed by atoms with E-state index in [1.807, 2.05) is 13.8 Å². The first-order chi connectivity index (χ1) is 8.63. The van der Waals surface area contributed by atoms with Gasteiger partial charge in [0.1, 0.15) is 5.76 Å². The van der Waals surface area contributed by atoms with Crippen molar-refractivity contribution in [3.8, 4) is 0 Å². The van der Waals surface area contributed by atoms with Crippen LogP contribution in [0.4, 0.5) is 0 Å². The van der Waals surface area contributed by atoms with Crippen LogP contribution in [0.3, 0.4) is 0 Å². The summed E-state index contributed by atoms with van der Waals surface area (Å²) < 4.78 is 5.27. The van der Waals surface area contributed by atoms with Crippen LogP contribution < -0.4 is 0 Å². The van der Waals surface area contributed by atoms with Crippen molar-refractivity contribution < 1.29 is 4.52 Å². The topological polar surface area (TPSA) is 32.5 Å². The molecule has 100 valence electrons. The summed E-state index contributed by atoms with van der Waals surface area (Å²) in [6, 6.07) is 0.740. The van der Waals surface area contributed by atoms with E-state index in [2.05, 4.69) is 22.0 Å². The molecule has 3 aliphatic heterocycles. The van der Waals surface area contributed by atoms with Gasteiger partial charge in [-0.15, -0.1) is 0 Å². The molecule has 3 fully saturated rings. The van der Waals surface area contributed by atoms with Crippen molar-refractivity contribution in [1.82, 2.24) is 15.0 Å². The summed E-state index contributed by atoms with van der Waals surface area (Å²) in [5.41, 5.74) is 2.34. The monoisotopic (exact) mass is 249 g/mol. The zero-order valence-electron chi connectivity index (χ0n) is 11.6. The third-order valence-electron chi connectivity index (χ3n) is 4.63. The smallest absolute Gasteiger partial charge is 0.138 e. The van der Waals surface area contributed by atoms with Crippen molar-refractivity contribution in [3.05, 3.63) is 17.0 Å². The highest BCUT2D eigenvalue weighted by Crippen LogP contribution is 2.28. The highest BCUT2D eigenvalue weighted by Gasteiger charge is 2.33. The van der Waals surface area contributed by atoms with Gasteiger partial charge in [-0.3, -0.25) is 4.90 Å². The molecule has 4 rings (SSSR count). The number of piperidine rings is 1. The molecule has 18 heavy (non-hydrogen) atoms. The molecule has 1 aromatic heterocycles. The van der Waals surface area contributed by atoms with Crippen LogP contribution in [0.15, 0.2) is 4.52 Å². The first kappa shape index (κ1) is 12.2. The van der Waals surface area contributed by atoms with Crippen LogP contribution in [-0.4, -0.2) is 47.7 Å². The number of nitrogens with zero attached hydrogens (tertiary/aromatic N) is 3. The van der Waals surface area contributed by atoms with Crippen molar-refractivity contribution >= 4 is 0 Å². The van der Waals surface area contributed by atoms with E-state index in [0.29, 0.717) is 0 Å². The minimum Gasteiger partial charge on any atom is -0.361 e. The summed E-state index contributed by atoms with van der Waals surface area (Å²) in [7, 11) is 2.27. The fourth-order valence-corrected chi connectivity index (χ4v) is 3.49. The van der Waals surface area contributed by atoms with Crippen molar-refractivity contribution in [3.63, 3.8) is 0 Å². The van der Waals surface area contributed by atoms with Crippen LogP contribution in [0.2, 0.25) is 0 Å². The molecule has 0 amide bonds. The summed E-state index contributed by atoms with van der Waals surface area (Å²) >= 11 is 0. The minimum atomic E-state index is 0.740. The van der Waals surface area contributed by atoms with E-state index in [1.54, 1.807) is 0 Å². The largest absolute Gasteiger partial charge is 0.361 e. The normalized spacial score (nSPS) is 29.7. The van der Waals surface area contributed by atoms with Crippen LogP contribution >= 0.6 is 0 Å². The van der Waals surface area contributed by atoms with Gasteiger partial charge in [-0.1, -0.05) is 5.16 Å². The highest BCUT2D eigenvalue weighted by atomic mass is 16.5. The van der Waals surface area contributed by atoms with E-state index in [-0.39, 0.29) is 0 Å². The molecule has 0 radical (unpaired) electrons. The van der Waals surface area contributed by atoms with Gasteiger partial charge in [0.05, 0.1) is 5.69 Å². The van der Waals surface area contributed by atoms with Crippen LogP contribution in [0.1, 0.15) is 29.9 Å². The number of hydrogen-bond donors (Lipinski definition) is 0. The van der Waals surface area contributed by atoms with Crippen molar-refractivity contribution in [2.24, 2.45) is 5.92 Å². The summed E-state index contributed by atoms with van der Waals surface area (Å²) in [6.45, 7) is 8.75. The Morgan fingerprint density at radius 3 is 2.72 bits per heavy atom. The van der Waals surface area contributed by atoms with Gasteiger partial charge in [0, 0.05) is 37.8 Å². The Morgan fingerprint density at radius 1 is 1.22 bits per heavy atom. The van der Waals surface area contributed by atoms with Crippen LogP contribution in [0.5, 0.6) is 0 Å². The molecule has 2 atom stereocenters. The second-order valence-electron chi connectivity index (χ2n) is 6.03. The number of fused-ring (bicyclic) bond motifs is 4. The second kappa shape index (κ2) is 4.67. The SMILES string of the molecule is Cc1noc(C)c1CN1C[C@@H]2CC[C@H](C1)N(C)C2. The number of rotatable bonds is 2. The fourth-order valence-electron chi connectivity index (χ4n) is 3.49. The predicted molar refractivity (Wildman–Crippen MR) is 70.4 cm³/mol. The number of hydrogen-bond acceptors (Lipinski definition) is 4. The minimum absolute atomic E-state index is 0.740. The fraction of sp³-hybridized carbons (Fsp3) is 0.786. The molecular weight excluding hydrogens is 226 g/mol. The summed E-state index contributed by atoms with van der Waals surface area (Å²) in [4.78, 5) is 5.14. The summed E-state index contributed by atoms with van der Waals surface area (Å²) in [6.07, 6.45) is 2.76. The van der Waals surface area contributed by atoms with E-state index < -0.39 is 0 Å². The Bertz CT molecular complexity index is 409. The molecule has 3 saturated heterocycles. The lowest BCUT2D eigenvalue weighted by atomic mass is 9.96. The lowest BCUT2D eigenvalue weighted by Crippen LogP contribution is -2.40. The molecule has 3 aliphatic rings. The van der Waals surface area contributed by atoms with Crippen LogP contribution in [-0.2, 0) is 6.54 Å². The van der Waals surface area contributed by atoms with Gasteiger partial charge < -0.3 is 9.42 Å². The van der Waals surface area contributed by atoms with Crippen molar-refractivity contribution in [1.29, 1.82) is 0 Å². The Morgan fingerprint density at radius 2 is 2.06 bits per heavy atom. The Kier molecular flexibility index (Phi) is 3.16. The third-order valence-corrected chi connectivity index (χ3v) is 4.63. The Hall–Kier alpha value is -0.870. The third kappa shape index (κ3) is 2.19. The lowest BCUT2D eigenvalue weighted by molar-refractivity contribution is 0.165. The maximum atomic E-state index is 5.27. The number of aryl methyl sites for hydroxylation is 2. The second-order valence-corrected chi connectivity index (χ2v) is 6.03. The predicted octanol–water partition coefficient (Wildman–Crippen LogP) is 1.82. The van der Waals surface area contributed by atoms with E-state index in [1.165, 1.54) is 38.0 Å². The van der Waals surface area contributed by atoms with E-state index in [0.717, 1.165) is 30.0 Å². The summed E-state index contributed by atoms with van der Waals surface area (Å²) in [5, 5.41) is 4.06. The van der Waals surface area contributed by atoms with Gasteiger partial charge in [0.25, 0.3) is 0 Å². The molecule has 0 spiro atoms. The van der Waals surface area contributed by atoms with Gasteiger partial charge >= 0.3 is 0 Å². The Balaban J connectivity index is 1.74.